The fraction of sp³-hybridized carbons (Fsp3) is 0. The van der Waals surface area contributed by atoms with Gasteiger partial charge < -0.3 is 0 Å². The summed E-state index contributed by atoms with van der Waals surface area (Å²) in [6, 6.07) is 7.23. The molecule has 0 aliphatic rings. The number of halogens is 3. The van der Waals surface area contributed by atoms with Crippen molar-refractivity contribution in [2.75, 3.05) is 0 Å². The molecule has 0 unspecified atom stereocenters. The Morgan fingerprint density at radius 3 is 2.62 bits per heavy atom. The minimum absolute atomic E-state index is 0. The molecule has 1 aromatic carbocycles. The average Bonchev–Trinajstić information content (AvgIpc) is 2.04. The van der Waals surface area contributed by atoms with E-state index in [9.17, 15) is 0 Å². The van der Waals surface area contributed by atoms with Gasteiger partial charge in [-0.05, 0) is 24.3 Å². The zero-order valence-corrected chi connectivity index (χ0v) is 9.72. The van der Waals surface area contributed by atoms with Gasteiger partial charge in [0, 0.05) is 16.6 Å². The van der Waals surface area contributed by atoms with Crippen LogP contribution in [0.3, 0.4) is 0 Å². The van der Waals surface area contributed by atoms with E-state index in [1.165, 1.54) is 0 Å². The average molecular weight is 279 g/mol. The number of hydrogen-bond donors (Lipinski definition) is 0. The van der Waals surface area contributed by atoms with Crippen molar-refractivity contribution in [1.29, 1.82) is 0 Å². The summed E-state index contributed by atoms with van der Waals surface area (Å²) in [5.74, 6) is 0. The molecule has 0 saturated heterocycles. The third kappa shape index (κ3) is 2.13. The molecule has 1 nitrogen and oxygen atoms in total. The number of benzene rings is 1. The van der Waals surface area contributed by atoms with Crippen LogP contribution in [0.5, 0.6) is 0 Å². The van der Waals surface area contributed by atoms with Crippen molar-refractivity contribution in [3.63, 3.8) is 0 Å². The highest BCUT2D eigenvalue weighted by atomic mass is 79.9. The smallest absolute Gasteiger partial charge is 0.0731 e. The summed E-state index contributed by atoms with van der Waals surface area (Å²) in [5, 5.41) is 2.32. The minimum atomic E-state index is 0. The van der Waals surface area contributed by atoms with Gasteiger partial charge in [0.1, 0.15) is 0 Å². The molecule has 0 N–H and O–H groups in total. The standard InChI is InChI=1S/C9H5Cl2N.BrH/c10-6-1-2-7-8(11)3-4-12-9(7)5-6;/h1-5H;1H. The molecule has 1 aromatic heterocycles. The summed E-state index contributed by atoms with van der Waals surface area (Å²) in [4.78, 5) is 4.13. The maximum atomic E-state index is 5.93. The molecule has 1 heterocycles. The van der Waals surface area contributed by atoms with Gasteiger partial charge in [0.05, 0.1) is 10.5 Å². The summed E-state index contributed by atoms with van der Waals surface area (Å²) in [6.45, 7) is 0. The van der Waals surface area contributed by atoms with E-state index in [4.69, 9.17) is 23.2 Å². The fourth-order valence-corrected chi connectivity index (χ4v) is 1.47. The van der Waals surface area contributed by atoms with Gasteiger partial charge in [-0.15, -0.1) is 17.0 Å². The molecule has 0 fully saturated rings. The summed E-state index contributed by atoms with van der Waals surface area (Å²) >= 11 is 11.7. The van der Waals surface area contributed by atoms with Crippen molar-refractivity contribution in [3.8, 4) is 0 Å². The van der Waals surface area contributed by atoms with Crippen LogP contribution in [0, 0.1) is 0 Å². The zero-order valence-electron chi connectivity index (χ0n) is 6.50. The summed E-state index contributed by atoms with van der Waals surface area (Å²) in [5.41, 5.74) is 0.829. The van der Waals surface area contributed by atoms with Gasteiger partial charge >= 0.3 is 0 Å². The van der Waals surface area contributed by atoms with E-state index in [0.29, 0.717) is 10.0 Å². The number of aromatic nitrogens is 1. The number of rotatable bonds is 0. The molecule has 0 spiro atoms. The fourth-order valence-electron chi connectivity index (χ4n) is 1.09. The van der Waals surface area contributed by atoms with Crippen molar-refractivity contribution in [3.05, 3.63) is 40.5 Å². The first-order chi connectivity index (χ1) is 5.77. The van der Waals surface area contributed by atoms with E-state index < -0.39 is 0 Å². The third-order valence-electron chi connectivity index (χ3n) is 1.65. The number of hydrogen-bond acceptors (Lipinski definition) is 1. The van der Waals surface area contributed by atoms with Crippen LogP contribution < -0.4 is 0 Å². The van der Waals surface area contributed by atoms with Crippen LogP contribution in [-0.4, -0.2) is 4.98 Å². The Hall–Kier alpha value is -0.310. The lowest BCUT2D eigenvalue weighted by Crippen LogP contribution is -1.78. The Morgan fingerprint density at radius 1 is 1.08 bits per heavy atom. The predicted molar refractivity (Wildman–Crippen MR) is 62.1 cm³/mol. The summed E-state index contributed by atoms with van der Waals surface area (Å²) in [7, 11) is 0. The SMILES string of the molecule is Br.Clc1ccc2c(Cl)ccnc2c1. The zero-order chi connectivity index (χ0) is 8.55. The van der Waals surface area contributed by atoms with E-state index in [1.807, 2.05) is 6.07 Å². The monoisotopic (exact) mass is 277 g/mol. The molecule has 2 aromatic rings. The lowest BCUT2D eigenvalue weighted by molar-refractivity contribution is 1.41. The Balaban J connectivity index is 0.000000845. The van der Waals surface area contributed by atoms with Crippen molar-refractivity contribution >= 4 is 51.1 Å². The Morgan fingerprint density at radius 2 is 1.85 bits per heavy atom. The van der Waals surface area contributed by atoms with Gasteiger partial charge in [-0.1, -0.05) is 23.2 Å². The lowest BCUT2D eigenvalue weighted by Gasteiger charge is -1.98. The number of pyridine rings is 1. The number of nitrogens with zero attached hydrogens (tertiary/aromatic N) is 1. The lowest BCUT2D eigenvalue weighted by atomic mass is 10.2. The van der Waals surface area contributed by atoms with E-state index >= 15 is 0 Å². The molecule has 0 atom stereocenters. The molecule has 0 radical (unpaired) electrons. The van der Waals surface area contributed by atoms with Crippen molar-refractivity contribution in [1.82, 2.24) is 4.98 Å². The molecule has 68 valence electrons. The van der Waals surface area contributed by atoms with Gasteiger partial charge in [-0.25, -0.2) is 0 Å². The highest BCUT2D eigenvalue weighted by Crippen LogP contribution is 2.23. The molecule has 4 heteroatoms. The molecular formula is C9H6BrCl2N. The van der Waals surface area contributed by atoms with Gasteiger partial charge in [-0.3, -0.25) is 4.98 Å². The second-order valence-corrected chi connectivity index (χ2v) is 3.30. The molecular weight excluding hydrogens is 273 g/mol. The van der Waals surface area contributed by atoms with E-state index in [2.05, 4.69) is 4.98 Å². The first-order valence-electron chi connectivity index (χ1n) is 3.47. The predicted octanol–water partition coefficient (Wildman–Crippen LogP) is 4.12. The first kappa shape index (κ1) is 10.8. The topological polar surface area (TPSA) is 12.9 Å². The van der Waals surface area contributed by atoms with Crippen molar-refractivity contribution in [2.24, 2.45) is 0 Å². The normalized spacial score (nSPS) is 9.69. The maximum Gasteiger partial charge on any atom is 0.0731 e. The summed E-state index contributed by atoms with van der Waals surface area (Å²) < 4.78 is 0. The van der Waals surface area contributed by atoms with Crippen molar-refractivity contribution in [2.45, 2.75) is 0 Å². The molecule has 2 rings (SSSR count). The van der Waals surface area contributed by atoms with Gasteiger partial charge in [0.15, 0.2) is 0 Å². The maximum absolute atomic E-state index is 5.93. The van der Waals surface area contributed by atoms with Crippen LogP contribution in [0.1, 0.15) is 0 Å². The molecule has 0 amide bonds. The second-order valence-electron chi connectivity index (χ2n) is 2.45. The van der Waals surface area contributed by atoms with E-state index in [1.54, 1.807) is 24.4 Å². The third-order valence-corrected chi connectivity index (χ3v) is 2.22. The van der Waals surface area contributed by atoms with E-state index in [0.717, 1.165) is 10.9 Å². The van der Waals surface area contributed by atoms with Crippen LogP contribution in [0.4, 0.5) is 0 Å². The molecule has 0 bridgehead atoms. The Bertz CT molecular complexity index is 431. The van der Waals surface area contributed by atoms with Gasteiger partial charge in [0.25, 0.3) is 0 Å². The Labute approximate surface area is 96.5 Å². The highest BCUT2D eigenvalue weighted by Gasteiger charge is 1.98. The second kappa shape index (κ2) is 4.27. The van der Waals surface area contributed by atoms with Gasteiger partial charge in [0.2, 0.25) is 0 Å². The van der Waals surface area contributed by atoms with Crippen LogP contribution in [0.25, 0.3) is 10.9 Å². The first-order valence-corrected chi connectivity index (χ1v) is 4.23. The molecule has 0 aliphatic heterocycles. The molecule has 0 aliphatic carbocycles. The van der Waals surface area contributed by atoms with Gasteiger partial charge in [-0.2, -0.15) is 0 Å². The quantitative estimate of drug-likeness (QED) is 0.706. The minimum Gasteiger partial charge on any atom is -0.256 e. The molecule has 13 heavy (non-hydrogen) atoms. The van der Waals surface area contributed by atoms with Crippen LogP contribution in [0.2, 0.25) is 10.0 Å². The van der Waals surface area contributed by atoms with Crippen LogP contribution in [0.15, 0.2) is 30.5 Å². The Kier molecular flexibility index (Phi) is 3.54. The largest absolute Gasteiger partial charge is 0.256 e. The summed E-state index contributed by atoms with van der Waals surface area (Å²) in [6.07, 6.45) is 1.67. The molecule has 0 saturated carbocycles. The number of fused-ring (bicyclic) bond motifs is 1. The van der Waals surface area contributed by atoms with Crippen LogP contribution in [-0.2, 0) is 0 Å². The van der Waals surface area contributed by atoms with Crippen LogP contribution >= 0.6 is 40.2 Å². The van der Waals surface area contributed by atoms with E-state index in [-0.39, 0.29) is 17.0 Å². The van der Waals surface area contributed by atoms with Crippen molar-refractivity contribution < 1.29 is 0 Å². The highest BCUT2D eigenvalue weighted by molar-refractivity contribution is 8.93.